The molecule has 0 bridgehead atoms. The number of fused-ring (bicyclic) bond motifs is 1. The quantitative estimate of drug-likeness (QED) is 0.861. The van der Waals surface area contributed by atoms with Gasteiger partial charge in [0.05, 0.1) is 11.7 Å². The topological polar surface area (TPSA) is 35.6 Å². The van der Waals surface area contributed by atoms with E-state index in [1.165, 1.54) is 5.56 Å². The number of urea groups is 1. The summed E-state index contributed by atoms with van der Waals surface area (Å²) in [6.07, 6.45) is 0. The Labute approximate surface area is 115 Å². The lowest BCUT2D eigenvalue weighted by molar-refractivity contribution is 0.193. The summed E-state index contributed by atoms with van der Waals surface area (Å²) in [7, 11) is 0. The molecular weight excluding hydrogens is 294 g/mol. The zero-order chi connectivity index (χ0) is 12.7. The molecule has 1 N–H and O–H groups in total. The first kappa shape index (κ1) is 12.0. The average molecular weight is 310 g/mol. The van der Waals surface area contributed by atoms with Crippen LogP contribution in [0.5, 0.6) is 0 Å². The number of carbonyl (C=O) groups is 1. The molecule has 2 aliphatic heterocycles. The maximum absolute atomic E-state index is 12.4. The number of nitrogens with one attached hydrogen (secondary N) is 1. The first-order valence-electron chi connectivity index (χ1n) is 6.22. The van der Waals surface area contributed by atoms with Crippen LogP contribution in [0.1, 0.15) is 5.56 Å². The highest BCUT2D eigenvalue weighted by Crippen LogP contribution is 2.31. The lowest BCUT2D eigenvalue weighted by Crippen LogP contribution is -2.49. The van der Waals surface area contributed by atoms with Crippen LogP contribution in [0.4, 0.5) is 10.5 Å². The number of aryl methyl sites for hydroxylation is 1. The molecule has 18 heavy (non-hydrogen) atoms. The van der Waals surface area contributed by atoms with E-state index >= 15 is 0 Å². The van der Waals surface area contributed by atoms with Gasteiger partial charge in [0.1, 0.15) is 0 Å². The summed E-state index contributed by atoms with van der Waals surface area (Å²) in [6, 6.07) is 6.55. The number of nitrogens with zero attached hydrogens (tertiary/aromatic N) is 2. The first-order chi connectivity index (χ1) is 8.66. The minimum atomic E-state index is 0.131. The van der Waals surface area contributed by atoms with E-state index < -0.39 is 0 Å². The van der Waals surface area contributed by atoms with Crippen molar-refractivity contribution >= 4 is 27.6 Å². The highest BCUT2D eigenvalue weighted by atomic mass is 79.9. The van der Waals surface area contributed by atoms with Crippen molar-refractivity contribution in [3.8, 4) is 0 Å². The highest BCUT2D eigenvalue weighted by molar-refractivity contribution is 9.10. The number of amides is 2. The summed E-state index contributed by atoms with van der Waals surface area (Å²) < 4.78 is 0.989. The Balaban J connectivity index is 1.91. The molecule has 2 aliphatic rings. The average Bonchev–Trinajstić information content (AvgIpc) is 2.68. The monoisotopic (exact) mass is 309 g/mol. The second-order valence-corrected chi connectivity index (χ2v) is 5.75. The maximum atomic E-state index is 12.4. The summed E-state index contributed by atoms with van der Waals surface area (Å²) in [4.78, 5) is 16.2. The normalized spacial score (nSPS) is 23.4. The number of hydrogen-bond acceptors (Lipinski definition) is 2. The van der Waals surface area contributed by atoms with Crippen LogP contribution < -0.4 is 10.2 Å². The largest absolute Gasteiger partial charge is 0.324 e. The molecule has 96 valence electrons. The molecular formula is C13H16BrN3O. The molecule has 2 heterocycles. The summed E-state index contributed by atoms with van der Waals surface area (Å²) in [5, 5.41) is 3.34. The fourth-order valence-corrected chi connectivity index (χ4v) is 3.36. The molecule has 1 unspecified atom stereocenters. The lowest BCUT2D eigenvalue weighted by Gasteiger charge is -2.28. The van der Waals surface area contributed by atoms with Crippen molar-refractivity contribution in [3.63, 3.8) is 0 Å². The van der Waals surface area contributed by atoms with Gasteiger partial charge >= 0.3 is 6.03 Å². The van der Waals surface area contributed by atoms with Crippen LogP contribution in [0.25, 0.3) is 0 Å². The van der Waals surface area contributed by atoms with Crippen molar-refractivity contribution in [3.05, 3.63) is 28.2 Å². The first-order valence-corrected chi connectivity index (χ1v) is 7.01. The van der Waals surface area contributed by atoms with Crippen LogP contribution in [0.3, 0.4) is 0 Å². The SMILES string of the molecule is Cc1ccc(N2CC3CNCCN3C2=O)c(Br)c1. The van der Waals surface area contributed by atoms with Crippen LogP contribution in [0.2, 0.25) is 0 Å². The van der Waals surface area contributed by atoms with E-state index in [2.05, 4.69) is 27.3 Å². The Morgan fingerprint density at radius 3 is 3.00 bits per heavy atom. The predicted molar refractivity (Wildman–Crippen MR) is 75.0 cm³/mol. The van der Waals surface area contributed by atoms with Gasteiger partial charge in [-0.1, -0.05) is 6.07 Å². The Kier molecular flexibility index (Phi) is 3.03. The van der Waals surface area contributed by atoms with Gasteiger partial charge in [-0.3, -0.25) is 4.90 Å². The van der Waals surface area contributed by atoms with Gasteiger partial charge in [-0.2, -0.15) is 0 Å². The maximum Gasteiger partial charge on any atom is 0.324 e. The van der Waals surface area contributed by atoms with E-state index in [0.29, 0.717) is 6.04 Å². The highest BCUT2D eigenvalue weighted by Gasteiger charge is 2.39. The third-order valence-electron chi connectivity index (χ3n) is 3.61. The van der Waals surface area contributed by atoms with Gasteiger partial charge in [-0.15, -0.1) is 0 Å². The van der Waals surface area contributed by atoms with Gasteiger partial charge in [-0.05, 0) is 40.5 Å². The number of benzene rings is 1. The Morgan fingerprint density at radius 1 is 1.44 bits per heavy atom. The van der Waals surface area contributed by atoms with Crippen molar-refractivity contribution < 1.29 is 4.79 Å². The van der Waals surface area contributed by atoms with E-state index in [1.807, 2.05) is 28.9 Å². The van der Waals surface area contributed by atoms with Crippen molar-refractivity contribution in [1.82, 2.24) is 10.2 Å². The lowest BCUT2D eigenvalue weighted by atomic mass is 10.2. The standard InChI is InChI=1S/C13H16BrN3O/c1-9-2-3-12(11(14)6-9)17-8-10-7-15-4-5-16(10)13(17)18/h2-3,6,10,15H,4-5,7-8H2,1H3. The molecule has 0 radical (unpaired) electrons. The number of hydrogen-bond donors (Lipinski definition) is 1. The van der Waals surface area contributed by atoms with Crippen LogP contribution >= 0.6 is 15.9 Å². The smallest absolute Gasteiger partial charge is 0.317 e. The molecule has 1 atom stereocenters. The zero-order valence-corrected chi connectivity index (χ0v) is 11.9. The van der Waals surface area contributed by atoms with Gasteiger partial charge < -0.3 is 10.2 Å². The molecule has 0 aromatic heterocycles. The van der Waals surface area contributed by atoms with Crippen LogP contribution in [-0.2, 0) is 0 Å². The van der Waals surface area contributed by atoms with Gasteiger partial charge in [0.25, 0.3) is 0 Å². The fraction of sp³-hybridized carbons (Fsp3) is 0.462. The minimum absolute atomic E-state index is 0.131. The van der Waals surface area contributed by atoms with Gasteiger partial charge in [0.15, 0.2) is 0 Å². The zero-order valence-electron chi connectivity index (χ0n) is 10.3. The van der Waals surface area contributed by atoms with Crippen LogP contribution in [0, 0.1) is 6.92 Å². The van der Waals surface area contributed by atoms with E-state index in [4.69, 9.17) is 0 Å². The molecule has 1 aromatic carbocycles. The Hall–Kier alpha value is -1.07. The van der Waals surface area contributed by atoms with E-state index in [-0.39, 0.29) is 6.03 Å². The molecule has 0 spiro atoms. The molecule has 2 saturated heterocycles. The summed E-state index contributed by atoms with van der Waals surface area (Å²) in [5.74, 6) is 0. The van der Waals surface area contributed by atoms with Crippen molar-refractivity contribution in [2.75, 3.05) is 31.1 Å². The van der Waals surface area contributed by atoms with E-state index in [1.54, 1.807) is 0 Å². The fourth-order valence-electron chi connectivity index (χ4n) is 2.65. The third-order valence-corrected chi connectivity index (χ3v) is 4.25. The Bertz CT molecular complexity index is 491. The molecule has 5 heteroatoms. The van der Waals surface area contributed by atoms with E-state index in [0.717, 1.165) is 36.3 Å². The molecule has 2 amide bonds. The summed E-state index contributed by atoms with van der Waals surface area (Å²) in [5.41, 5.74) is 2.16. The predicted octanol–water partition coefficient (Wildman–Crippen LogP) is 1.97. The van der Waals surface area contributed by atoms with Gasteiger partial charge in [0, 0.05) is 30.7 Å². The molecule has 0 saturated carbocycles. The number of rotatable bonds is 1. The number of piperazine rings is 1. The minimum Gasteiger partial charge on any atom is -0.317 e. The third kappa shape index (κ3) is 1.91. The van der Waals surface area contributed by atoms with Crippen molar-refractivity contribution in [2.45, 2.75) is 13.0 Å². The Morgan fingerprint density at radius 2 is 2.28 bits per heavy atom. The second-order valence-electron chi connectivity index (χ2n) is 4.90. The molecule has 4 nitrogen and oxygen atoms in total. The molecule has 2 fully saturated rings. The van der Waals surface area contributed by atoms with Crippen molar-refractivity contribution in [2.24, 2.45) is 0 Å². The van der Waals surface area contributed by atoms with Crippen LogP contribution in [-0.4, -0.2) is 43.2 Å². The molecule has 1 aromatic rings. The number of carbonyl (C=O) groups excluding carboxylic acids is 1. The van der Waals surface area contributed by atoms with Gasteiger partial charge in [0.2, 0.25) is 0 Å². The van der Waals surface area contributed by atoms with Gasteiger partial charge in [-0.25, -0.2) is 4.79 Å². The van der Waals surface area contributed by atoms with Crippen LogP contribution in [0.15, 0.2) is 22.7 Å². The molecule has 3 rings (SSSR count). The molecule has 0 aliphatic carbocycles. The number of halogens is 1. The summed E-state index contributed by atoms with van der Waals surface area (Å²) >= 11 is 3.56. The second kappa shape index (κ2) is 4.55. The van der Waals surface area contributed by atoms with E-state index in [9.17, 15) is 4.79 Å². The number of anilines is 1. The van der Waals surface area contributed by atoms with Crippen molar-refractivity contribution in [1.29, 1.82) is 0 Å². The summed E-state index contributed by atoms with van der Waals surface area (Å²) in [6.45, 7) is 5.42.